The van der Waals surface area contributed by atoms with Crippen molar-refractivity contribution in [1.82, 2.24) is 0 Å². The van der Waals surface area contributed by atoms with E-state index < -0.39 is 16.6 Å². The quantitative estimate of drug-likeness (QED) is 0.252. The number of anilines is 1. The molecule has 0 aliphatic heterocycles. The number of carboxylic acid groups (broad SMARTS) is 1. The van der Waals surface area contributed by atoms with Crippen molar-refractivity contribution in [2.45, 2.75) is 0 Å². The topological polar surface area (TPSA) is 134 Å². The average Bonchev–Trinajstić information content (AvgIpc) is 2.46. The van der Waals surface area contributed by atoms with Crippen LogP contribution in [0.1, 0.15) is 10.4 Å². The number of nitro groups is 1. The maximum absolute atomic E-state index is 10.9. The van der Waals surface area contributed by atoms with Crippen LogP contribution in [0.5, 0.6) is 0 Å². The second-order valence-electron chi connectivity index (χ2n) is 4.04. The zero-order valence-corrected chi connectivity index (χ0v) is 11.6. The van der Waals surface area contributed by atoms with Gasteiger partial charge in [-0.1, -0.05) is 6.07 Å². The van der Waals surface area contributed by atoms with E-state index in [1.165, 1.54) is 12.1 Å². The standard InChI is InChI=1S/C13H10N4O4.Li/c14-9-2-4-10(5-3-9)15-16-11-6-1-8(13(18)19)7-12(11)17(20)21;/h1-7H,14H2,(H,18,19);/q;+1/p-1/b16-15+;. The van der Waals surface area contributed by atoms with E-state index >= 15 is 0 Å². The number of rotatable bonds is 4. The van der Waals surface area contributed by atoms with Crippen LogP contribution in [0.15, 0.2) is 52.7 Å². The third-order valence-electron chi connectivity index (χ3n) is 2.57. The number of benzene rings is 2. The van der Waals surface area contributed by atoms with Crippen molar-refractivity contribution in [2.24, 2.45) is 10.2 Å². The van der Waals surface area contributed by atoms with Gasteiger partial charge >= 0.3 is 18.9 Å². The molecule has 2 aromatic rings. The fraction of sp³-hybridized carbons (Fsp3) is 0. The van der Waals surface area contributed by atoms with Gasteiger partial charge in [-0.2, -0.15) is 5.11 Å². The van der Waals surface area contributed by atoms with E-state index in [1.54, 1.807) is 24.3 Å². The first-order valence-corrected chi connectivity index (χ1v) is 5.74. The average molecular weight is 292 g/mol. The summed E-state index contributed by atoms with van der Waals surface area (Å²) < 4.78 is 0. The molecular weight excluding hydrogens is 283 g/mol. The Hall–Kier alpha value is -2.69. The number of nitrogen functional groups attached to an aromatic ring is 1. The van der Waals surface area contributed by atoms with Crippen LogP contribution < -0.4 is 29.7 Å². The van der Waals surface area contributed by atoms with Gasteiger partial charge < -0.3 is 15.6 Å². The number of carbonyl (C=O) groups is 1. The molecule has 0 aliphatic rings. The number of carboxylic acids is 1. The Morgan fingerprint density at radius 2 is 1.73 bits per heavy atom. The first kappa shape index (κ1) is 17.4. The first-order valence-electron chi connectivity index (χ1n) is 5.74. The van der Waals surface area contributed by atoms with Crippen LogP contribution in [-0.2, 0) is 0 Å². The second-order valence-corrected chi connectivity index (χ2v) is 4.04. The third kappa shape index (κ3) is 4.15. The molecule has 0 amide bonds. The van der Waals surface area contributed by atoms with Crippen molar-refractivity contribution < 1.29 is 33.7 Å². The molecule has 22 heavy (non-hydrogen) atoms. The predicted molar refractivity (Wildman–Crippen MR) is 72.5 cm³/mol. The number of nitrogens with two attached hydrogens (primary N) is 1. The normalized spacial score (nSPS) is 10.2. The summed E-state index contributed by atoms with van der Waals surface area (Å²) in [6.07, 6.45) is 0. The number of azo groups is 1. The molecule has 0 unspecified atom stereocenters. The molecule has 9 heteroatoms. The minimum absolute atomic E-state index is 0. The van der Waals surface area contributed by atoms with Crippen LogP contribution in [0, 0.1) is 10.1 Å². The van der Waals surface area contributed by atoms with Gasteiger partial charge in [-0.25, -0.2) is 0 Å². The van der Waals surface area contributed by atoms with Gasteiger partial charge in [0.15, 0.2) is 5.69 Å². The Kier molecular flexibility index (Phi) is 5.80. The summed E-state index contributed by atoms with van der Waals surface area (Å²) in [6, 6.07) is 9.67. The zero-order valence-electron chi connectivity index (χ0n) is 11.6. The molecule has 0 aliphatic carbocycles. The molecular formula is C13H9LiN4O4. The zero-order chi connectivity index (χ0) is 15.4. The van der Waals surface area contributed by atoms with Crippen molar-refractivity contribution >= 4 is 28.7 Å². The molecule has 0 saturated heterocycles. The number of nitrogens with zero attached hydrogens (tertiary/aromatic N) is 3. The third-order valence-corrected chi connectivity index (χ3v) is 2.57. The molecule has 0 aromatic heterocycles. The van der Waals surface area contributed by atoms with Gasteiger partial charge in [0.2, 0.25) is 0 Å². The van der Waals surface area contributed by atoms with Crippen molar-refractivity contribution in [3.63, 3.8) is 0 Å². The molecule has 2 N–H and O–H groups in total. The molecule has 0 spiro atoms. The van der Waals surface area contributed by atoms with Gasteiger partial charge in [0.05, 0.1) is 16.6 Å². The molecule has 0 bridgehead atoms. The summed E-state index contributed by atoms with van der Waals surface area (Å²) in [5.74, 6) is -1.50. The van der Waals surface area contributed by atoms with Gasteiger partial charge in [-0.3, -0.25) is 10.1 Å². The minimum Gasteiger partial charge on any atom is -0.545 e. The summed E-state index contributed by atoms with van der Waals surface area (Å²) in [7, 11) is 0. The van der Waals surface area contributed by atoms with Gasteiger partial charge in [0.1, 0.15) is 0 Å². The molecule has 8 nitrogen and oxygen atoms in total. The van der Waals surface area contributed by atoms with E-state index in [0.717, 1.165) is 6.07 Å². The van der Waals surface area contributed by atoms with Crippen molar-refractivity contribution in [2.75, 3.05) is 5.73 Å². The van der Waals surface area contributed by atoms with Gasteiger partial charge in [-0.15, -0.1) is 5.11 Å². The maximum atomic E-state index is 10.9. The number of hydrogen-bond donors (Lipinski definition) is 1. The van der Waals surface area contributed by atoms with Crippen molar-refractivity contribution in [1.29, 1.82) is 0 Å². The van der Waals surface area contributed by atoms with Gasteiger partial charge in [0.25, 0.3) is 5.69 Å². The Labute approximate surface area is 137 Å². The van der Waals surface area contributed by atoms with Crippen LogP contribution in [0.2, 0.25) is 0 Å². The van der Waals surface area contributed by atoms with Crippen LogP contribution in [0.3, 0.4) is 0 Å². The van der Waals surface area contributed by atoms with E-state index in [9.17, 15) is 20.0 Å². The van der Waals surface area contributed by atoms with E-state index in [4.69, 9.17) is 5.73 Å². The molecule has 106 valence electrons. The largest absolute Gasteiger partial charge is 1.00 e. The summed E-state index contributed by atoms with van der Waals surface area (Å²) in [5.41, 5.74) is 5.72. The number of carbonyl (C=O) groups excluding carboxylic acids is 1. The van der Waals surface area contributed by atoms with Crippen molar-refractivity contribution in [3.05, 3.63) is 58.1 Å². The SMILES string of the molecule is Nc1ccc(/N=N/c2ccc(C(=O)[O-])cc2[N+](=O)[O-])cc1.[Li+]. The van der Waals surface area contributed by atoms with E-state index in [2.05, 4.69) is 10.2 Å². The summed E-state index contributed by atoms with van der Waals surface area (Å²) in [6.45, 7) is 0. The Morgan fingerprint density at radius 1 is 1.09 bits per heavy atom. The van der Waals surface area contributed by atoms with Crippen molar-refractivity contribution in [3.8, 4) is 0 Å². The number of nitro benzene ring substituents is 1. The Bertz CT molecular complexity index is 731. The summed E-state index contributed by atoms with van der Waals surface area (Å²) >= 11 is 0. The molecule has 0 heterocycles. The molecule has 2 aromatic carbocycles. The van der Waals surface area contributed by atoms with Gasteiger partial charge in [0, 0.05) is 17.3 Å². The Morgan fingerprint density at radius 3 is 2.27 bits per heavy atom. The molecule has 0 fully saturated rings. The van der Waals surface area contributed by atoms with Crippen LogP contribution in [-0.4, -0.2) is 10.9 Å². The van der Waals surface area contributed by atoms with Crippen LogP contribution in [0.4, 0.5) is 22.7 Å². The van der Waals surface area contributed by atoms with Crippen LogP contribution in [0.25, 0.3) is 0 Å². The minimum atomic E-state index is -1.50. The van der Waals surface area contributed by atoms with Crippen LogP contribution >= 0.6 is 0 Å². The fourth-order valence-electron chi connectivity index (χ4n) is 1.53. The molecule has 0 radical (unpaired) electrons. The fourth-order valence-corrected chi connectivity index (χ4v) is 1.53. The monoisotopic (exact) mass is 292 g/mol. The Balaban J connectivity index is 0.00000242. The number of aromatic carboxylic acids is 1. The molecule has 0 atom stereocenters. The summed E-state index contributed by atoms with van der Waals surface area (Å²) in [4.78, 5) is 20.9. The molecule has 0 saturated carbocycles. The smallest absolute Gasteiger partial charge is 0.545 e. The van der Waals surface area contributed by atoms with E-state index in [1.807, 2.05) is 0 Å². The van der Waals surface area contributed by atoms with E-state index in [0.29, 0.717) is 11.4 Å². The maximum Gasteiger partial charge on any atom is 1.00 e. The molecule has 2 rings (SSSR count). The number of hydrogen-bond acceptors (Lipinski definition) is 7. The van der Waals surface area contributed by atoms with Gasteiger partial charge in [-0.05, 0) is 30.3 Å². The first-order chi connectivity index (χ1) is 9.97. The predicted octanol–water partition coefficient (Wildman–Crippen LogP) is -1.04. The summed E-state index contributed by atoms with van der Waals surface area (Å²) in [5, 5.41) is 29.2. The van der Waals surface area contributed by atoms with E-state index in [-0.39, 0.29) is 30.1 Å². The second kappa shape index (κ2) is 7.35.